The van der Waals surface area contributed by atoms with Gasteiger partial charge in [-0.3, -0.25) is 0 Å². The van der Waals surface area contributed by atoms with Gasteiger partial charge in [-0.25, -0.2) is 0 Å². The SMILES string of the molecule is Cc1ccc(C)n1-c1ccc(Cl)cc1I. The van der Waals surface area contributed by atoms with E-state index in [1.165, 1.54) is 20.6 Å². The minimum Gasteiger partial charge on any atom is -0.317 e. The minimum atomic E-state index is 0.783. The molecule has 1 heterocycles. The molecule has 0 saturated carbocycles. The maximum Gasteiger partial charge on any atom is 0.0589 e. The van der Waals surface area contributed by atoms with Crippen LogP contribution in [0.5, 0.6) is 0 Å². The molecule has 1 nitrogen and oxygen atoms in total. The van der Waals surface area contributed by atoms with Gasteiger partial charge in [0.2, 0.25) is 0 Å². The number of aromatic nitrogens is 1. The van der Waals surface area contributed by atoms with Crippen molar-refractivity contribution < 1.29 is 0 Å². The van der Waals surface area contributed by atoms with Gasteiger partial charge in [-0.15, -0.1) is 0 Å². The molecule has 2 aromatic rings. The third-order valence-electron chi connectivity index (χ3n) is 2.42. The third kappa shape index (κ3) is 2.06. The number of hydrogen-bond donors (Lipinski definition) is 0. The second-order valence-corrected chi connectivity index (χ2v) is 5.15. The summed E-state index contributed by atoms with van der Waals surface area (Å²) in [7, 11) is 0. The van der Waals surface area contributed by atoms with Crippen LogP contribution in [0.1, 0.15) is 11.4 Å². The molecule has 15 heavy (non-hydrogen) atoms. The monoisotopic (exact) mass is 331 g/mol. The lowest BCUT2D eigenvalue weighted by atomic mass is 10.3. The average molecular weight is 332 g/mol. The van der Waals surface area contributed by atoms with Gasteiger partial charge in [0.15, 0.2) is 0 Å². The Bertz CT molecular complexity index is 483. The molecule has 0 bridgehead atoms. The highest BCUT2D eigenvalue weighted by Crippen LogP contribution is 2.24. The number of hydrogen-bond acceptors (Lipinski definition) is 0. The van der Waals surface area contributed by atoms with Crippen LogP contribution in [0.15, 0.2) is 30.3 Å². The first-order valence-electron chi connectivity index (χ1n) is 4.70. The Morgan fingerprint density at radius 2 is 1.67 bits per heavy atom. The average Bonchev–Trinajstić information content (AvgIpc) is 2.48. The smallest absolute Gasteiger partial charge is 0.0589 e. The van der Waals surface area contributed by atoms with Crippen LogP contribution >= 0.6 is 34.2 Å². The fraction of sp³-hybridized carbons (Fsp3) is 0.167. The van der Waals surface area contributed by atoms with E-state index in [1.54, 1.807) is 0 Å². The predicted octanol–water partition coefficient (Wildman–Crippen LogP) is 4.35. The zero-order valence-corrected chi connectivity index (χ0v) is 11.5. The Balaban J connectivity index is 2.64. The first-order chi connectivity index (χ1) is 7.09. The molecule has 78 valence electrons. The van der Waals surface area contributed by atoms with Gasteiger partial charge in [0.1, 0.15) is 0 Å². The second-order valence-electron chi connectivity index (χ2n) is 3.55. The lowest BCUT2D eigenvalue weighted by Crippen LogP contribution is -2.00. The highest BCUT2D eigenvalue weighted by atomic mass is 127. The van der Waals surface area contributed by atoms with E-state index in [-0.39, 0.29) is 0 Å². The summed E-state index contributed by atoms with van der Waals surface area (Å²) in [6, 6.07) is 10.2. The molecule has 2 rings (SSSR count). The Labute approximate surface area is 108 Å². The van der Waals surface area contributed by atoms with Gasteiger partial charge >= 0.3 is 0 Å². The first kappa shape index (κ1) is 11.0. The van der Waals surface area contributed by atoms with E-state index in [2.05, 4.69) is 59.2 Å². The van der Waals surface area contributed by atoms with Crippen molar-refractivity contribution in [3.05, 3.63) is 50.3 Å². The van der Waals surface area contributed by atoms with E-state index in [4.69, 9.17) is 11.6 Å². The van der Waals surface area contributed by atoms with Crippen LogP contribution < -0.4 is 0 Å². The quantitative estimate of drug-likeness (QED) is 0.685. The van der Waals surface area contributed by atoms with Crippen molar-refractivity contribution in [2.45, 2.75) is 13.8 Å². The van der Waals surface area contributed by atoms with Crippen LogP contribution in [-0.2, 0) is 0 Å². The van der Waals surface area contributed by atoms with Gasteiger partial charge in [-0.1, -0.05) is 11.6 Å². The number of benzene rings is 1. The standard InChI is InChI=1S/C12H11ClIN/c1-8-3-4-9(2)15(8)12-6-5-10(13)7-11(12)14/h3-7H,1-2H3. The maximum atomic E-state index is 5.94. The van der Waals surface area contributed by atoms with E-state index < -0.39 is 0 Å². The molecule has 0 N–H and O–H groups in total. The molecule has 1 aromatic carbocycles. The summed E-state index contributed by atoms with van der Waals surface area (Å²) in [4.78, 5) is 0. The molecule has 0 radical (unpaired) electrons. The summed E-state index contributed by atoms with van der Waals surface area (Å²) in [6.07, 6.45) is 0. The summed E-state index contributed by atoms with van der Waals surface area (Å²) in [5.41, 5.74) is 3.68. The van der Waals surface area contributed by atoms with Crippen LogP contribution in [0.3, 0.4) is 0 Å². The van der Waals surface area contributed by atoms with Gasteiger partial charge in [0.25, 0.3) is 0 Å². The van der Waals surface area contributed by atoms with Crippen molar-refractivity contribution in [3.8, 4) is 5.69 Å². The molecule has 0 spiro atoms. The molecule has 0 aliphatic carbocycles. The summed E-state index contributed by atoms with van der Waals surface area (Å²) >= 11 is 8.26. The largest absolute Gasteiger partial charge is 0.317 e. The van der Waals surface area contributed by atoms with Crippen molar-refractivity contribution in [3.63, 3.8) is 0 Å². The van der Waals surface area contributed by atoms with Crippen LogP contribution in [0, 0.1) is 17.4 Å². The van der Waals surface area contributed by atoms with Crippen LogP contribution in [0.25, 0.3) is 5.69 Å². The Kier molecular flexibility index (Phi) is 3.07. The summed E-state index contributed by atoms with van der Waals surface area (Å²) < 4.78 is 3.40. The molecular weight excluding hydrogens is 320 g/mol. The zero-order valence-electron chi connectivity index (χ0n) is 8.59. The topological polar surface area (TPSA) is 4.93 Å². The van der Waals surface area contributed by atoms with Gasteiger partial charge in [0.05, 0.1) is 5.69 Å². The van der Waals surface area contributed by atoms with Crippen molar-refractivity contribution in [2.24, 2.45) is 0 Å². The van der Waals surface area contributed by atoms with Gasteiger partial charge in [-0.2, -0.15) is 0 Å². The summed E-state index contributed by atoms with van der Waals surface area (Å²) in [5.74, 6) is 0. The normalized spacial score (nSPS) is 10.7. The molecule has 0 unspecified atom stereocenters. The Morgan fingerprint density at radius 1 is 1.07 bits per heavy atom. The van der Waals surface area contributed by atoms with Crippen molar-refractivity contribution in [1.29, 1.82) is 0 Å². The van der Waals surface area contributed by atoms with E-state index in [1.807, 2.05) is 12.1 Å². The number of halogens is 2. The molecule has 0 amide bonds. The van der Waals surface area contributed by atoms with Crippen molar-refractivity contribution in [2.75, 3.05) is 0 Å². The van der Waals surface area contributed by atoms with E-state index in [9.17, 15) is 0 Å². The molecule has 3 heteroatoms. The molecule has 0 saturated heterocycles. The Hall–Kier alpha value is -0.480. The first-order valence-corrected chi connectivity index (χ1v) is 6.15. The van der Waals surface area contributed by atoms with E-state index in [0.29, 0.717) is 0 Å². The fourth-order valence-corrected chi connectivity index (χ4v) is 2.82. The maximum absolute atomic E-state index is 5.94. The number of nitrogens with zero attached hydrogens (tertiary/aromatic N) is 1. The molecule has 0 atom stereocenters. The van der Waals surface area contributed by atoms with Crippen molar-refractivity contribution in [1.82, 2.24) is 4.57 Å². The molecule has 1 aromatic heterocycles. The second kappa shape index (κ2) is 4.18. The van der Waals surface area contributed by atoms with E-state index in [0.717, 1.165) is 5.02 Å². The zero-order chi connectivity index (χ0) is 11.0. The molecular formula is C12H11ClIN. The highest BCUT2D eigenvalue weighted by Gasteiger charge is 2.07. The number of aryl methyl sites for hydroxylation is 2. The molecule has 0 aliphatic heterocycles. The van der Waals surface area contributed by atoms with Gasteiger partial charge in [-0.05, 0) is 66.8 Å². The molecule has 0 fully saturated rings. The Morgan fingerprint density at radius 3 is 2.20 bits per heavy atom. The van der Waals surface area contributed by atoms with Gasteiger partial charge < -0.3 is 4.57 Å². The van der Waals surface area contributed by atoms with Crippen molar-refractivity contribution >= 4 is 34.2 Å². The summed E-state index contributed by atoms with van der Waals surface area (Å²) in [5, 5.41) is 0.783. The van der Waals surface area contributed by atoms with Crippen LogP contribution in [0.2, 0.25) is 5.02 Å². The lowest BCUT2D eigenvalue weighted by Gasteiger charge is -2.11. The van der Waals surface area contributed by atoms with Crippen LogP contribution in [0.4, 0.5) is 0 Å². The minimum absolute atomic E-state index is 0.783. The van der Waals surface area contributed by atoms with Gasteiger partial charge in [0, 0.05) is 20.0 Å². The number of rotatable bonds is 1. The highest BCUT2D eigenvalue weighted by molar-refractivity contribution is 14.1. The predicted molar refractivity (Wildman–Crippen MR) is 73.0 cm³/mol. The molecule has 0 aliphatic rings. The fourth-order valence-electron chi connectivity index (χ4n) is 1.71. The lowest BCUT2D eigenvalue weighted by molar-refractivity contribution is 0.960. The summed E-state index contributed by atoms with van der Waals surface area (Å²) in [6.45, 7) is 4.22. The van der Waals surface area contributed by atoms with Crippen LogP contribution in [-0.4, -0.2) is 4.57 Å². The third-order valence-corrected chi connectivity index (χ3v) is 3.52. The van der Waals surface area contributed by atoms with E-state index >= 15 is 0 Å².